The number of benzene rings is 2. The van der Waals surface area contributed by atoms with E-state index >= 15 is 0 Å². The van der Waals surface area contributed by atoms with Crippen LogP contribution in [0.2, 0.25) is 0 Å². The molecule has 0 aliphatic rings. The number of ketones is 1. The zero-order valence-electron chi connectivity index (χ0n) is 19.1. The number of aryl methyl sites for hydroxylation is 1. The number of carbonyl (C=O) groups excluding carboxylic acids is 1. The highest BCUT2D eigenvalue weighted by Gasteiger charge is 2.20. The third-order valence-corrected chi connectivity index (χ3v) is 6.73. The van der Waals surface area contributed by atoms with E-state index in [2.05, 4.69) is 21.7 Å². The first-order chi connectivity index (χ1) is 15.9. The van der Waals surface area contributed by atoms with E-state index in [9.17, 15) is 9.18 Å². The minimum Gasteiger partial charge on any atom is -0.383 e. The van der Waals surface area contributed by atoms with Crippen LogP contribution in [0.25, 0.3) is 22.0 Å². The highest BCUT2D eigenvalue weighted by Crippen LogP contribution is 2.32. The van der Waals surface area contributed by atoms with Gasteiger partial charge >= 0.3 is 0 Å². The Bertz CT molecular complexity index is 1300. The Morgan fingerprint density at radius 1 is 1.09 bits per heavy atom. The van der Waals surface area contributed by atoms with Gasteiger partial charge in [0.25, 0.3) is 0 Å². The van der Waals surface area contributed by atoms with E-state index in [0.29, 0.717) is 17.3 Å². The number of ether oxygens (including phenoxy) is 1. The highest BCUT2D eigenvalue weighted by molar-refractivity contribution is 8.00. The number of hydrogen-bond acceptors (Lipinski definition) is 5. The summed E-state index contributed by atoms with van der Waals surface area (Å²) in [5, 5.41) is 11.4. The van der Waals surface area contributed by atoms with E-state index in [1.54, 1.807) is 19.2 Å². The Hall–Kier alpha value is -3.03. The molecule has 170 valence electrons. The lowest BCUT2D eigenvalue weighted by Crippen LogP contribution is -2.14. The summed E-state index contributed by atoms with van der Waals surface area (Å²) in [5.74, 6) is 0.0208. The average Bonchev–Trinajstić information content (AvgIpc) is 3.12. The van der Waals surface area contributed by atoms with Crippen molar-refractivity contribution in [1.82, 2.24) is 14.8 Å². The molecule has 0 bridgehead atoms. The average molecular weight is 464 g/mol. The molecule has 0 N–H and O–H groups in total. The second-order valence-corrected chi connectivity index (χ2v) is 9.04. The molecule has 2 aromatic heterocycles. The van der Waals surface area contributed by atoms with E-state index in [0.717, 1.165) is 33.3 Å². The van der Waals surface area contributed by atoms with Crippen molar-refractivity contribution < 1.29 is 13.9 Å². The van der Waals surface area contributed by atoms with Crippen molar-refractivity contribution in [2.45, 2.75) is 31.8 Å². The van der Waals surface area contributed by atoms with Gasteiger partial charge in [-0.25, -0.2) is 4.39 Å². The number of nitrogens with zero attached hydrogens (tertiary/aromatic N) is 3. The van der Waals surface area contributed by atoms with Crippen LogP contribution in [-0.4, -0.2) is 40.0 Å². The van der Waals surface area contributed by atoms with Gasteiger partial charge in [-0.3, -0.25) is 4.79 Å². The molecule has 0 amide bonds. The number of aromatic nitrogens is 3. The van der Waals surface area contributed by atoms with Crippen LogP contribution in [0.3, 0.4) is 0 Å². The standard InChI is InChI=1S/C26H26FN3O2S/c1-16-13-23(18(3)30(16)17(2)14-32-4)24(31)15-33-26-22-8-6-5-7-21(22)25(28-29-26)19-9-11-20(27)12-10-19/h5-13,17H,14-15H2,1-4H3/t17-/m0/s1. The summed E-state index contributed by atoms with van der Waals surface area (Å²) in [7, 11) is 1.68. The number of carbonyl (C=O) groups is 1. The molecular weight excluding hydrogens is 437 g/mol. The quantitative estimate of drug-likeness (QED) is 0.236. The van der Waals surface area contributed by atoms with E-state index in [4.69, 9.17) is 4.74 Å². The minimum absolute atomic E-state index is 0.0532. The number of halogens is 1. The van der Waals surface area contributed by atoms with Crippen LogP contribution in [0.15, 0.2) is 59.6 Å². The van der Waals surface area contributed by atoms with Crippen molar-refractivity contribution in [3.8, 4) is 11.3 Å². The summed E-state index contributed by atoms with van der Waals surface area (Å²) in [6, 6.07) is 16.1. The van der Waals surface area contributed by atoms with Crippen molar-refractivity contribution >= 4 is 28.3 Å². The third-order valence-electron chi connectivity index (χ3n) is 5.74. The fourth-order valence-electron chi connectivity index (χ4n) is 4.27. The minimum atomic E-state index is -0.294. The number of fused-ring (bicyclic) bond motifs is 1. The fraction of sp³-hybridized carbons (Fsp3) is 0.269. The number of hydrogen-bond donors (Lipinski definition) is 0. The van der Waals surface area contributed by atoms with Gasteiger partial charge in [0.1, 0.15) is 16.5 Å². The monoisotopic (exact) mass is 463 g/mol. The molecule has 1 atom stereocenters. The van der Waals surface area contributed by atoms with Gasteiger partial charge < -0.3 is 9.30 Å². The van der Waals surface area contributed by atoms with E-state index in [1.807, 2.05) is 44.2 Å². The first-order valence-corrected chi connectivity index (χ1v) is 11.7. The lowest BCUT2D eigenvalue weighted by molar-refractivity contribution is 0.102. The van der Waals surface area contributed by atoms with Crippen LogP contribution in [0.5, 0.6) is 0 Å². The van der Waals surface area contributed by atoms with Gasteiger partial charge in [-0.15, -0.1) is 10.2 Å². The van der Waals surface area contributed by atoms with Crippen LogP contribution in [0.4, 0.5) is 4.39 Å². The van der Waals surface area contributed by atoms with Gasteiger partial charge in [0, 0.05) is 40.4 Å². The number of thioether (sulfide) groups is 1. The molecule has 0 aliphatic carbocycles. The first-order valence-electron chi connectivity index (χ1n) is 10.8. The maximum Gasteiger partial charge on any atom is 0.174 e. The van der Waals surface area contributed by atoms with E-state index < -0.39 is 0 Å². The molecule has 4 aromatic rings. The van der Waals surface area contributed by atoms with Crippen molar-refractivity contribution in [3.05, 3.63) is 77.4 Å². The molecular formula is C26H26FN3O2S. The Morgan fingerprint density at radius 3 is 2.48 bits per heavy atom. The number of methoxy groups -OCH3 is 1. The van der Waals surface area contributed by atoms with Crippen LogP contribution >= 0.6 is 11.8 Å². The second kappa shape index (κ2) is 9.85. The normalized spacial score (nSPS) is 12.3. The topological polar surface area (TPSA) is 57.0 Å². The molecule has 0 saturated carbocycles. The van der Waals surface area contributed by atoms with Crippen LogP contribution in [0.1, 0.15) is 34.7 Å². The van der Waals surface area contributed by atoms with Crippen molar-refractivity contribution in [1.29, 1.82) is 0 Å². The van der Waals surface area contributed by atoms with Gasteiger partial charge in [-0.05, 0) is 51.1 Å². The summed E-state index contributed by atoms with van der Waals surface area (Å²) in [6.45, 7) is 6.65. The summed E-state index contributed by atoms with van der Waals surface area (Å²) in [6.07, 6.45) is 0. The molecule has 2 heterocycles. The van der Waals surface area contributed by atoms with Crippen LogP contribution in [0, 0.1) is 19.7 Å². The van der Waals surface area contributed by atoms with E-state index in [-0.39, 0.29) is 23.4 Å². The summed E-state index contributed by atoms with van der Waals surface area (Å²) in [5.41, 5.74) is 4.20. The zero-order chi connectivity index (χ0) is 23.5. The van der Waals surface area contributed by atoms with Gasteiger partial charge in [0.05, 0.1) is 18.4 Å². The lowest BCUT2D eigenvalue weighted by Gasteiger charge is -2.17. The molecule has 0 radical (unpaired) electrons. The van der Waals surface area contributed by atoms with Gasteiger partial charge in [0.15, 0.2) is 5.78 Å². The Kier molecular flexibility index (Phi) is 6.91. The Balaban J connectivity index is 1.60. The summed E-state index contributed by atoms with van der Waals surface area (Å²) < 4.78 is 20.8. The fourth-order valence-corrected chi connectivity index (χ4v) is 5.13. The molecule has 2 aromatic carbocycles. The molecule has 0 spiro atoms. The summed E-state index contributed by atoms with van der Waals surface area (Å²) in [4.78, 5) is 13.1. The lowest BCUT2D eigenvalue weighted by atomic mass is 10.1. The SMILES string of the molecule is COC[C@H](C)n1c(C)cc(C(=O)CSc2nnc(-c3ccc(F)cc3)c3ccccc23)c1C. The van der Waals surface area contributed by atoms with E-state index in [1.165, 1.54) is 23.9 Å². The first kappa shape index (κ1) is 23.1. The molecule has 0 saturated heterocycles. The Morgan fingerprint density at radius 2 is 1.79 bits per heavy atom. The molecule has 33 heavy (non-hydrogen) atoms. The third kappa shape index (κ3) is 4.70. The molecule has 0 unspecified atom stereocenters. The van der Waals surface area contributed by atoms with Crippen molar-refractivity contribution in [2.75, 3.05) is 19.5 Å². The largest absolute Gasteiger partial charge is 0.383 e. The van der Waals surface area contributed by atoms with Crippen LogP contribution < -0.4 is 0 Å². The van der Waals surface area contributed by atoms with Gasteiger partial charge in [0.2, 0.25) is 0 Å². The van der Waals surface area contributed by atoms with Crippen molar-refractivity contribution in [2.24, 2.45) is 0 Å². The molecule has 5 nitrogen and oxygen atoms in total. The maximum atomic E-state index is 13.4. The van der Waals surface area contributed by atoms with Crippen molar-refractivity contribution in [3.63, 3.8) is 0 Å². The smallest absolute Gasteiger partial charge is 0.174 e. The zero-order valence-corrected chi connectivity index (χ0v) is 19.9. The molecule has 0 aliphatic heterocycles. The highest BCUT2D eigenvalue weighted by atomic mass is 32.2. The predicted octanol–water partition coefficient (Wildman–Crippen LogP) is 6.04. The van der Waals surface area contributed by atoms with Gasteiger partial charge in [-0.1, -0.05) is 36.0 Å². The van der Waals surface area contributed by atoms with Crippen LogP contribution in [-0.2, 0) is 4.74 Å². The molecule has 7 heteroatoms. The number of rotatable bonds is 8. The van der Waals surface area contributed by atoms with Gasteiger partial charge in [-0.2, -0.15) is 0 Å². The second-order valence-electron chi connectivity index (χ2n) is 8.08. The predicted molar refractivity (Wildman–Crippen MR) is 130 cm³/mol. The molecule has 4 rings (SSSR count). The Labute approximate surface area is 197 Å². The number of Topliss-reactive ketones (excluding diaryl/α,β-unsaturated/α-hetero) is 1. The molecule has 0 fully saturated rings. The summed E-state index contributed by atoms with van der Waals surface area (Å²) >= 11 is 1.38. The maximum absolute atomic E-state index is 13.4.